The average molecular weight is 298 g/mol. The van der Waals surface area contributed by atoms with Crippen molar-refractivity contribution in [1.82, 2.24) is 4.72 Å². The molecule has 20 heavy (non-hydrogen) atoms. The number of anilines is 2. The number of benzene rings is 2. The maximum Gasteiger partial charge on any atom is 0.0526 e. The predicted molar refractivity (Wildman–Crippen MR) is 89.3 cm³/mol. The highest BCUT2D eigenvalue weighted by Gasteiger charge is 2.13. The van der Waals surface area contributed by atoms with Gasteiger partial charge in [-0.3, -0.25) is 0 Å². The minimum absolute atomic E-state index is 1.20. The molecule has 2 aliphatic heterocycles. The molecule has 0 fully saturated rings. The van der Waals surface area contributed by atoms with Gasteiger partial charge in [-0.05, 0) is 47.7 Å². The number of allylic oxidation sites excluding steroid dienone is 2. The van der Waals surface area contributed by atoms with Crippen molar-refractivity contribution in [2.24, 2.45) is 0 Å². The Morgan fingerprint density at radius 2 is 1.40 bits per heavy atom. The molecule has 2 aromatic carbocycles. The normalized spacial score (nSPS) is 14.0. The van der Waals surface area contributed by atoms with Crippen LogP contribution >= 0.6 is 23.7 Å². The lowest BCUT2D eigenvalue weighted by Crippen LogP contribution is -1.98. The molecule has 0 amide bonds. The van der Waals surface area contributed by atoms with Crippen molar-refractivity contribution in [2.75, 3.05) is 5.32 Å². The van der Waals surface area contributed by atoms with Gasteiger partial charge < -0.3 is 10.0 Å². The van der Waals surface area contributed by atoms with Crippen LogP contribution in [0.5, 0.6) is 0 Å². The molecule has 4 heteroatoms. The van der Waals surface area contributed by atoms with Crippen LogP contribution in [0.2, 0.25) is 0 Å². The summed E-state index contributed by atoms with van der Waals surface area (Å²) in [7, 11) is 0. The second-order valence-electron chi connectivity index (χ2n) is 4.14. The maximum absolute atomic E-state index is 3.42. The molecule has 2 aromatic rings. The highest BCUT2D eigenvalue weighted by Crippen LogP contribution is 2.43. The summed E-state index contributed by atoms with van der Waals surface area (Å²) in [4.78, 5) is 2.59. The van der Waals surface area contributed by atoms with E-state index < -0.39 is 0 Å². The molecular formula is C16H14N2S2. The Morgan fingerprint density at radius 3 is 1.85 bits per heavy atom. The highest BCUT2D eigenvalue weighted by atomic mass is 32.2. The van der Waals surface area contributed by atoms with Crippen LogP contribution in [-0.2, 0) is 0 Å². The third-order valence-corrected chi connectivity index (χ3v) is 4.47. The Labute approximate surface area is 127 Å². The van der Waals surface area contributed by atoms with E-state index in [0.717, 1.165) is 0 Å². The Balaban J connectivity index is 0.000000170. The van der Waals surface area contributed by atoms with Crippen LogP contribution in [-0.4, -0.2) is 0 Å². The Hall–Kier alpha value is -1.78. The van der Waals surface area contributed by atoms with E-state index in [-0.39, 0.29) is 0 Å². The SMILES string of the molecule is C1=CNSC=C1.c1ccc2c(c1)Nc1ccccc1S2. The van der Waals surface area contributed by atoms with E-state index in [4.69, 9.17) is 0 Å². The predicted octanol–water partition coefficient (Wildman–Crippen LogP) is 5.16. The molecule has 2 N–H and O–H groups in total. The largest absolute Gasteiger partial charge is 0.354 e. The lowest BCUT2D eigenvalue weighted by atomic mass is 10.2. The molecule has 0 spiro atoms. The van der Waals surface area contributed by atoms with Crippen LogP contribution in [0.4, 0.5) is 11.4 Å². The Kier molecular flexibility index (Phi) is 4.35. The summed E-state index contributed by atoms with van der Waals surface area (Å²) in [6.07, 6.45) is 5.84. The van der Waals surface area contributed by atoms with Crippen molar-refractivity contribution in [2.45, 2.75) is 9.79 Å². The molecule has 2 nitrogen and oxygen atoms in total. The maximum atomic E-state index is 3.42. The van der Waals surface area contributed by atoms with Crippen LogP contribution in [0.1, 0.15) is 0 Å². The second kappa shape index (κ2) is 6.59. The standard InChI is InChI=1S/C12H9NS.C4H5NS/c1-3-7-11-9(5-1)13-10-6-2-4-8-12(10)14-11;1-2-4-6-5-3-1/h1-8,13H;1-5H. The van der Waals surface area contributed by atoms with E-state index in [1.807, 2.05) is 35.5 Å². The number of hydrogen-bond donors (Lipinski definition) is 2. The van der Waals surface area contributed by atoms with Gasteiger partial charge in [-0.1, -0.05) is 42.1 Å². The molecule has 2 heterocycles. The fourth-order valence-electron chi connectivity index (χ4n) is 1.84. The fraction of sp³-hybridized carbons (Fsp3) is 0. The quantitative estimate of drug-likeness (QED) is 0.560. The van der Waals surface area contributed by atoms with E-state index in [0.29, 0.717) is 0 Å². The summed E-state index contributed by atoms with van der Waals surface area (Å²) >= 11 is 3.40. The zero-order chi connectivity index (χ0) is 13.6. The molecule has 4 rings (SSSR count). The second-order valence-corrected chi connectivity index (χ2v) is 5.97. The van der Waals surface area contributed by atoms with Gasteiger partial charge in [0.1, 0.15) is 0 Å². The summed E-state index contributed by atoms with van der Waals surface area (Å²) < 4.78 is 2.93. The highest BCUT2D eigenvalue weighted by molar-refractivity contribution is 8.00. The number of para-hydroxylation sites is 2. The van der Waals surface area contributed by atoms with Gasteiger partial charge in [0.15, 0.2) is 0 Å². The van der Waals surface area contributed by atoms with Crippen LogP contribution in [0.15, 0.2) is 82.1 Å². The first kappa shape index (κ1) is 13.2. The van der Waals surface area contributed by atoms with Gasteiger partial charge in [0.05, 0.1) is 11.4 Å². The van der Waals surface area contributed by atoms with E-state index in [1.165, 1.54) is 21.2 Å². The van der Waals surface area contributed by atoms with Crippen molar-refractivity contribution in [3.63, 3.8) is 0 Å². The first-order chi connectivity index (χ1) is 9.93. The summed E-state index contributed by atoms with van der Waals surface area (Å²) in [5.41, 5.74) is 2.41. The molecule has 0 saturated heterocycles. The monoisotopic (exact) mass is 298 g/mol. The van der Waals surface area contributed by atoms with Gasteiger partial charge in [-0.2, -0.15) is 0 Å². The van der Waals surface area contributed by atoms with E-state index in [1.54, 1.807) is 11.9 Å². The van der Waals surface area contributed by atoms with Crippen LogP contribution < -0.4 is 10.0 Å². The van der Waals surface area contributed by atoms with Gasteiger partial charge in [0.25, 0.3) is 0 Å². The molecule has 2 aliphatic rings. The van der Waals surface area contributed by atoms with Gasteiger partial charge in [-0.15, -0.1) is 0 Å². The summed E-state index contributed by atoms with van der Waals surface area (Å²) in [5, 5.41) is 5.41. The fourth-order valence-corrected chi connectivity index (χ4v) is 3.23. The average Bonchev–Trinajstić information content (AvgIpc) is 2.55. The van der Waals surface area contributed by atoms with Crippen molar-refractivity contribution in [3.8, 4) is 0 Å². The minimum atomic E-state index is 1.20. The number of rotatable bonds is 0. The van der Waals surface area contributed by atoms with Crippen molar-refractivity contribution in [1.29, 1.82) is 0 Å². The number of nitrogens with one attached hydrogen (secondary N) is 2. The van der Waals surface area contributed by atoms with Crippen molar-refractivity contribution >= 4 is 35.1 Å². The molecular weight excluding hydrogens is 284 g/mol. The lowest BCUT2D eigenvalue weighted by Gasteiger charge is -2.19. The van der Waals surface area contributed by atoms with Crippen LogP contribution in [0.3, 0.4) is 0 Å². The first-order valence-electron chi connectivity index (χ1n) is 6.29. The molecule has 0 unspecified atom stereocenters. The van der Waals surface area contributed by atoms with Gasteiger partial charge in [0, 0.05) is 16.0 Å². The van der Waals surface area contributed by atoms with Crippen molar-refractivity contribution in [3.05, 3.63) is 72.3 Å². The molecule has 0 aromatic heterocycles. The van der Waals surface area contributed by atoms with Gasteiger partial charge in [-0.25, -0.2) is 0 Å². The van der Waals surface area contributed by atoms with Crippen LogP contribution in [0, 0.1) is 0 Å². The molecule has 0 atom stereocenters. The zero-order valence-corrected chi connectivity index (χ0v) is 12.4. The van der Waals surface area contributed by atoms with E-state index >= 15 is 0 Å². The lowest BCUT2D eigenvalue weighted by molar-refractivity contribution is 1.32. The smallest absolute Gasteiger partial charge is 0.0526 e. The molecule has 0 aliphatic carbocycles. The molecule has 0 bridgehead atoms. The third-order valence-electron chi connectivity index (χ3n) is 2.75. The molecule has 100 valence electrons. The Bertz CT molecular complexity index is 551. The summed E-state index contributed by atoms with van der Waals surface area (Å²) in [5.74, 6) is 0. The molecule has 0 radical (unpaired) electrons. The van der Waals surface area contributed by atoms with E-state index in [2.05, 4.69) is 58.6 Å². The van der Waals surface area contributed by atoms with Crippen molar-refractivity contribution < 1.29 is 0 Å². The number of fused-ring (bicyclic) bond motifs is 2. The summed E-state index contributed by atoms with van der Waals surface area (Å²) in [6, 6.07) is 16.8. The first-order valence-corrected chi connectivity index (χ1v) is 7.99. The summed E-state index contributed by atoms with van der Waals surface area (Å²) in [6.45, 7) is 0. The van der Waals surface area contributed by atoms with Gasteiger partial charge in [0.2, 0.25) is 0 Å². The molecule has 0 saturated carbocycles. The minimum Gasteiger partial charge on any atom is -0.354 e. The van der Waals surface area contributed by atoms with E-state index in [9.17, 15) is 0 Å². The topological polar surface area (TPSA) is 24.1 Å². The number of hydrogen-bond acceptors (Lipinski definition) is 4. The third kappa shape index (κ3) is 3.21. The Morgan fingerprint density at radius 1 is 0.750 bits per heavy atom. The zero-order valence-electron chi connectivity index (χ0n) is 10.7. The van der Waals surface area contributed by atoms with Gasteiger partial charge >= 0.3 is 0 Å². The van der Waals surface area contributed by atoms with Crippen LogP contribution in [0.25, 0.3) is 0 Å².